The molecule has 6 nitrogen and oxygen atoms in total. The molecule has 0 bridgehead atoms. The summed E-state index contributed by atoms with van der Waals surface area (Å²) in [5, 5.41) is 10.6. The topological polar surface area (TPSA) is 89.5 Å². The minimum atomic E-state index is -0.472. The second-order valence-electron chi connectivity index (χ2n) is 4.91. The lowest BCUT2D eigenvalue weighted by Gasteiger charge is -2.37. The van der Waals surface area contributed by atoms with Crippen LogP contribution in [0.3, 0.4) is 0 Å². The molecule has 1 aromatic rings. The van der Waals surface area contributed by atoms with Crippen molar-refractivity contribution in [3.05, 3.63) is 27.1 Å². The van der Waals surface area contributed by atoms with Crippen LogP contribution < -0.4 is 5.73 Å². The number of nitrogens with two attached hydrogens (primary N) is 1. The molecule has 0 spiro atoms. The van der Waals surface area contributed by atoms with Crippen LogP contribution >= 0.6 is 23.7 Å². The second-order valence-corrected chi connectivity index (χ2v) is 5.97. The average molecular weight is 320 g/mol. The Morgan fingerprint density at radius 2 is 2.30 bits per heavy atom. The van der Waals surface area contributed by atoms with Crippen LogP contribution in [0.4, 0.5) is 5.00 Å². The lowest BCUT2D eigenvalue weighted by atomic mass is 9.92. The van der Waals surface area contributed by atoms with E-state index >= 15 is 0 Å². The van der Waals surface area contributed by atoms with E-state index in [1.54, 1.807) is 4.90 Å². The number of thiophene rings is 1. The first kappa shape index (κ1) is 16.9. The molecule has 2 rings (SSSR count). The van der Waals surface area contributed by atoms with E-state index in [0.717, 1.165) is 24.2 Å². The molecule has 1 fully saturated rings. The third kappa shape index (κ3) is 3.47. The minimum absolute atomic E-state index is 0. The number of piperidine rings is 1. The van der Waals surface area contributed by atoms with Crippen LogP contribution in [0.2, 0.25) is 0 Å². The molecule has 2 heterocycles. The maximum Gasteiger partial charge on any atom is 0.324 e. The van der Waals surface area contributed by atoms with E-state index < -0.39 is 4.92 Å². The van der Waals surface area contributed by atoms with E-state index in [-0.39, 0.29) is 29.4 Å². The molecule has 1 aliphatic heterocycles. The van der Waals surface area contributed by atoms with Crippen LogP contribution in [0, 0.1) is 16.0 Å². The van der Waals surface area contributed by atoms with Gasteiger partial charge in [-0.25, -0.2) is 0 Å². The van der Waals surface area contributed by atoms with Gasteiger partial charge in [0.2, 0.25) is 0 Å². The van der Waals surface area contributed by atoms with Crippen LogP contribution in [-0.2, 0) is 0 Å². The number of amides is 1. The number of halogens is 1. The Balaban J connectivity index is 0.00000200. The maximum absolute atomic E-state index is 12.4. The fourth-order valence-electron chi connectivity index (χ4n) is 2.42. The van der Waals surface area contributed by atoms with Gasteiger partial charge in [0.15, 0.2) is 0 Å². The Kier molecular flexibility index (Phi) is 5.91. The van der Waals surface area contributed by atoms with Crippen molar-refractivity contribution in [1.82, 2.24) is 4.90 Å². The van der Waals surface area contributed by atoms with Crippen LogP contribution in [-0.4, -0.2) is 34.9 Å². The summed E-state index contributed by atoms with van der Waals surface area (Å²) in [5.74, 6) is 0.427. The summed E-state index contributed by atoms with van der Waals surface area (Å²) in [4.78, 5) is 24.7. The molecule has 1 aromatic heterocycles. The molecule has 2 atom stereocenters. The number of hydrogen-bond acceptors (Lipinski definition) is 5. The molecular weight excluding hydrogens is 302 g/mol. The van der Waals surface area contributed by atoms with Crippen molar-refractivity contribution in [2.75, 3.05) is 13.1 Å². The lowest BCUT2D eigenvalue weighted by Crippen LogP contribution is -2.49. The van der Waals surface area contributed by atoms with Gasteiger partial charge in [0, 0.05) is 25.2 Å². The fraction of sp³-hybridized carbons (Fsp3) is 0.583. The van der Waals surface area contributed by atoms with E-state index in [4.69, 9.17) is 5.73 Å². The summed E-state index contributed by atoms with van der Waals surface area (Å²) < 4.78 is 0. The monoisotopic (exact) mass is 319 g/mol. The van der Waals surface area contributed by atoms with Crippen LogP contribution in [0.5, 0.6) is 0 Å². The fourth-order valence-corrected chi connectivity index (χ4v) is 3.20. The summed E-state index contributed by atoms with van der Waals surface area (Å²) in [5.41, 5.74) is 5.73. The Labute approximate surface area is 127 Å². The van der Waals surface area contributed by atoms with Gasteiger partial charge >= 0.3 is 5.00 Å². The van der Waals surface area contributed by atoms with E-state index in [2.05, 4.69) is 6.92 Å². The maximum atomic E-state index is 12.4. The third-order valence-corrected chi connectivity index (χ3v) is 4.52. The smallest absolute Gasteiger partial charge is 0.324 e. The van der Waals surface area contributed by atoms with Crippen molar-refractivity contribution in [2.45, 2.75) is 25.8 Å². The molecule has 20 heavy (non-hydrogen) atoms. The van der Waals surface area contributed by atoms with Gasteiger partial charge in [0.05, 0.1) is 9.80 Å². The number of hydrogen-bond donors (Lipinski definition) is 1. The Morgan fingerprint density at radius 3 is 2.85 bits per heavy atom. The summed E-state index contributed by atoms with van der Waals surface area (Å²) in [6.07, 6.45) is 1.85. The number of nitrogens with zero attached hydrogens (tertiary/aromatic N) is 2. The molecule has 1 saturated heterocycles. The zero-order chi connectivity index (χ0) is 14.0. The zero-order valence-electron chi connectivity index (χ0n) is 11.2. The first-order valence-corrected chi connectivity index (χ1v) is 7.09. The summed E-state index contributed by atoms with van der Waals surface area (Å²) in [7, 11) is 0. The summed E-state index contributed by atoms with van der Waals surface area (Å²) in [6.45, 7) is 3.26. The summed E-state index contributed by atoms with van der Waals surface area (Å²) in [6, 6.07) is 2.94. The molecule has 0 radical (unpaired) electrons. The van der Waals surface area contributed by atoms with Crippen LogP contribution in [0.25, 0.3) is 0 Å². The predicted octanol–water partition coefficient (Wildman–Crippen LogP) is 2.28. The molecule has 0 saturated carbocycles. The molecule has 112 valence electrons. The number of rotatable bonds is 3. The third-order valence-electron chi connectivity index (χ3n) is 3.49. The van der Waals surface area contributed by atoms with Gasteiger partial charge in [-0.1, -0.05) is 18.3 Å². The Bertz CT molecular complexity index is 494. The molecule has 2 N–H and O–H groups in total. The second kappa shape index (κ2) is 7.01. The van der Waals surface area contributed by atoms with Crippen LogP contribution in [0.15, 0.2) is 12.1 Å². The van der Waals surface area contributed by atoms with Gasteiger partial charge in [-0.15, -0.1) is 12.4 Å². The number of carbonyl (C=O) groups excluding carboxylic acids is 1. The van der Waals surface area contributed by atoms with Gasteiger partial charge in [-0.05, 0) is 24.8 Å². The first-order valence-electron chi connectivity index (χ1n) is 6.28. The standard InChI is InChI=1S/C12H17N3O3S.ClH/c1-8-4-5-14(9(6-8)7-13)12(16)10-2-3-11(19-10)15(17)18;/h2-3,8-9H,4-7,13H2,1H3;1H. The van der Waals surface area contributed by atoms with Gasteiger partial charge < -0.3 is 10.6 Å². The first-order chi connectivity index (χ1) is 9.02. The Hall–Kier alpha value is -1.18. The van der Waals surface area contributed by atoms with Gasteiger partial charge in [0.25, 0.3) is 5.91 Å². The van der Waals surface area contributed by atoms with Crippen molar-refractivity contribution < 1.29 is 9.72 Å². The highest BCUT2D eigenvalue weighted by Crippen LogP contribution is 2.28. The van der Waals surface area contributed by atoms with Crippen molar-refractivity contribution in [2.24, 2.45) is 11.7 Å². The van der Waals surface area contributed by atoms with E-state index in [1.807, 2.05) is 0 Å². The molecule has 0 aromatic carbocycles. The zero-order valence-corrected chi connectivity index (χ0v) is 12.8. The van der Waals surface area contributed by atoms with Crippen LogP contribution in [0.1, 0.15) is 29.4 Å². The number of nitro groups is 1. The van der Waals surface area contributed by atoms with E-state index in [9.17, 15) is 14.9 Å². The largest absolute Gasteiger partial charge is 0.334 e. The highest BCUT2D eigenvalue weighted by molar-refractivity contribution is 7.17. The van der Waals surface area contributed by atoms with Crippen molar-refractivity contribution >= 4 is 34.7 Å². The highest BCUT2D eigenvalue weighted by Gasteiger charge is 2.30. The SMILES string of the molecule is CC1CCN(C(=O)c2ccc([N+](=O)[O-])s2)C(CN)C1.Cl. The lowest BCUT2D eigenvalue weighted by molar-refractivity contribution is -0.380. The normalized spacial score (nSPS) is 22.2. The number of likely N-dealkylation sites (tertiary alicyclic amines) is 1. The molecular formula is C12H18ClN3O3S. The van der Waals surface area contributed by atoms with Gasteiger partial charge in [-0.3, -0.25) is 14.9 Å². The van der Waals surface area contributed by atoms with E-state index in [0.29, 0.717) is 23.9 Å². The quantitative estimate of drug-likeness (QED) is 0.683. The Morgan fingerprint density at radius 1 is 1.60 bits per heavy atom. The molecule has 1 aliphatic rings. The molecule has 2 unspecified atom stereocenters. The van der Waals surface area contributed by atoms with E-state index in [1.165, 1.54) is 12.1 Å². The minimum Gasteiger partial charge on any atom is -0.334 e. The average Bonchev–Trinajstić information content (AvgIpc) is 2.87. The van der Waals surface area contributed by atoms with Crippen molar-refractivity contribution in [1.29, 1.82) is 0 Å². The predicted molar refractivity (Wildman–Crippen MR) is 80.5 cm³/mol. The molecule has 8 heteroatoms. The molecule has 1 amide bonds. The highest BCUT2D eigenvalue weighted by atomic mass is 35.5. The van der Waals surface area contributed by atoms with Gasteiger partial charge in [-0.2, -0.15) is 0 Å². The molecule has 0 aliphatic carbocycles. The van der Waals surface area contributed by atoms with Crippen molar-refractivity contribution in [3.63, 3.8) is 0 Å². The summed E-state index contributed by atoms with van der Waals surface area (Å²) >= 11 is 0.925. The van der Waals surface area contributed by atoms with Gasteiger partial charge in [0.1, 0.15) is 0 Å². The number of carbonyl (C=O) groups is 1. The van der Waals surface area contributed by atoms with Crippen molar-refractivity contribution in [3.8, 4) is 0 Å².